The Morgan fingerprint density at radius 1 is 1.00 bits per heavy atom. The molecule has 0 atom stereocenters. The van der Waals surface area contributed by atoms with Crippen molar-refractivity contribution in [3.8, 4) is 11.5 Å². The maximum absolute atomic E-state index is 13.0. The van der Waals surface area contributed by atoms with Gasteiger partial charge in [0.05, 0.1) is 36.5 Å². The molecule has 10 nitrogen and oxygen atoms in total. The van der Waals surface area contributed by atoms with E-state index in [-0.39, 0.29) is 23.5 Å². The summed E-state index contributed by atoms with van der Waals surface area (Å²) in [5.41, 5.74) is 0.366. The Morgan fingerprint density at radius 2 is 1.70 bits per heavy atom. The van der Waals surface area contributed by atoms with Crippen LogP contribution in [0.5, 0.6) is 11.5 Å². The number of halogens is 3. The summed E-state index contributed by atoms with van der Waals surface area (Å²) in [6.45, 7) is 5.16. The third-order valence-electron chi connectivity index (χ3n) is 6.76. The number of carbonyl (C=O) groups is 1. The molecule has 40 heavy (non-hydrogen) atoms. The van der Waals surface area contributed by atoms with Crippen molar-refractivity contribution in [3.05, 3.63) is 48.0 Å². The second kappa shape index (κ2) is 13.1. The minimum absolute atomic E-state index is 0.0893. The first-order valence-electron chi connectivity index (χ1n) is 12.9. The number of rotatable bonds is 10. The molecule has 2 aromatic rings. The summed E-state index contributed by atoms with van der Waals surface area (Å²) in [4.78, 5) is 18.7. The molecule has 0 saturated carbocycles. The van der Waals surface area contributed by atoms with E-state index in [0.717, 1.165) is 25.7 Å². The van der Waals surface area contributed by atoms with Crippen LogP contribution in [0.15, 0.2) is 47.4 Å². The van der Waals surface area contributed by atoms with E-state index in [1.165, 1.54) is 42.3 Å². The number of anilines is 1. The second-order valence-electron chi connectivity index (χ2n) is 9.36. The monoisotopic (exact) mass is 586 g/mol. The van der Waals surface area contributed by atoms with Crippen LogP contribution in [0.2, 0.25) is 0 Å². The maximum Gasteiger partial charge on any atom is 0.573 e. The molecule has 4 rings (SSSR count). The predicted molar refractivity (Wildman–Crippen MR) is 141 cm³/mol. The van der Waals surface area contributed by atoms with E-state index < -0.39 is 28.0 Å². The van der Waals surface area contributed by atoms with Gasteiger partial charge in [-0.3, -0.25) is 9.69 Å². The Morgan fingerprint density at radius 3 is 2.38 bits per heavy atom. The minimum atomic E-state index is -4.92. The third kappa shape index (κ3) is 7.77. The van der Waals surface area contributed by atoms with Crippen molar-refractivity contribution in [1.82, 2.24) is 14.5 Å². The van der Waals surface area contributed by atoms with Crippen molar-refractivity contribution in [3.63, 3.8) is 0 Å². The van der Waals surface area contributed by atoms with Gasteiger partial charge in [0.15, 0.2) is 0 Å². The van der Waals surface area contributed by atoms with Crippen LogP contribution in [0.1, 0.15) is 16.8 Å². The lowest BCUT2D eigenvalue weighted by Gasteiger charge is -2.37. The summed E-state index contributed by atoms with van der Waals surface area (Å²) in [6, 6.07) is 9.82. The minimum Gasteiger partial charge on any atom is -0.495 e. The number of sulfonamides is 1. The van der Waals surface area contributed by atoms with Gasteiger partial charge in [0.1, 0.15) is 11.5 Å². The fraction of sp³-hybridized carbons (Fsp3) is 0.500. The molecule has 2 aromatic carbocycles. The number of nitrogens with zero attached hydrogens (tertiary/aromatic N) is 3. The lowest BCUT2D eigenvalue weighted by molar-refractivity contribution is -0.274. The van der Waals surface area contributed by atoms with Gasteiger partial charge in [0.2, 0.25) is 10.0 Å². The van der Waals surface area contributed by atoms with E-state index in [4.69, 9.17) is 9.47 Å². The summed E-state index contributed by atoms with van der Waals surface area (Å²) in [5.74, 6) is -0.668. The third-order valence-corrected chi connectivity index (χ3v) is 8.22. The Balaban J connectivity index is 1.39. The molecular weight excluding hydrogens is 553 g/mol. The topological polar surface area (TPSA) is 101 Å². The van der Waals surface area contributed by atoms with Crippen molar-refractivity contribution in [2.75, 3.05) is 77.6 Å². The molecule has 1 N–H and O–H groups in total. The quantitative estimate of drug-likeness (QED) is 0.424. The molecule has 2 fully saturated rings. The lowest BCUT2D eigenvalue weighted by Crippen LogP contribution is -2.49. The van der Waals surface area contributed by atoms with E-state index in [9.17, 15) is 26.4 Å². The largest absolute Gasteiger partial charge is 0.573 e. The van der Waals surface area contributed by atoms with Gasteiger partial charge in [-0.05, 0) is 43.3 Å². The van der Waals surface area contributed by atoms with Crippen molar-refractivity contribution in [1.29, 1.82) is 0 Å². The molecule has 1 amide bonds. The lowest BCUT2D eigenvalue weighted by atomic mass is 10.1. The SMILES string of the molecule is COc1ccc(S(=O)(=O)NCCCN2CCOCC2)cc1N1CCN(C(=O)c2ccccc2OC(F)(F)F)CC1. The van der Waals surface area contributed by atoms with Gasteiger partial charge >= 0.3 is 6.36 Å². The number of piperazine rings is 1. The number of alkyl halides is 3. The van der Waals surface area contributed by atoms with Crippen LogP contribution in [0.4, 0.5) is 18.9 Å². The number of methoxy groups -OCH3 is 1. The summed E-state index contributed by atoms with van der Waals surface area (Å²) < 4.78 is 81.9. The highest BCUT2D eigenvalue weighted by atomic mass is 32.2. The molecule has 0 bridgehead atoms. The van der Waals surface area contributed by atoms with Crippen molar-refractivity contribution >= 4 is 21.6 Å². The number of hydrogen-bond acceptors (Lipinski definition) is 8. The van der Waals surface area contributed by atoms with E-state index in [1.54, 1.807) is 6.07 Å². The van der Waals surface area contributed by atoms with Crippen LogP contribution >= 0.6 is 0 Å². The fourth-order valence-corrected chi connectivity index (χ4v) is 5.77. The molecular formula is C26H33F3N4O6S. The van der Waals surface area contributed by atoms with Crippen LogP contribution in [0.25, 0.3) is 0 Å². The number of amides is 1. The zero-order chi connectivity index (χ0) is 28.8. The van der Waals surface area contributed by atoms with Crippen molar-refractivity contribution < 1.29 is 40.6 Å². The molecule has 0 unspecified atom stereocenters. The molecule has 2 saturated heterocycles. The van der Waals surface area contributed by atoms with E-state index >= 15 is 0 Å². The Bertz CT molecular complexity index is 1260. The number of morpholine rings is 1. The van der Waals surface area contributed by atoms with Gasteiger partial charge in [-0.25, -0.2) is 13.1 Å². The zero-order valence-electron chi connectivity index (χ0n) is 22.2. The van der Waals surface area contributed by atoms with Gasteiger partial charge in [-0.2, -0.15) is 0 Å². The van der Waals surface area contributed by atoms with Crippen LogP contribution in [0, 0.1) is 0 Å². The van der Waals surface area contributed by atoms with E-state index in [0.29, 0.717) is 50.7 Å². The number of hydrogen-bond donors (Lipinski definition) is 1. The smallest absolute Gasteiger partial charge is 0.495 e. The zero-order valence-corrected chi connectivity index (χ0v) is 23.0. The first-order chi connectivity index (χ1) is 19.1. The number of nitrogens with one attached hydrogen (secondary N) is 1. The van der Waals surface area contributed by atoms with Crippen LogP contribution in [0.3, 0.4) is 0 Å². The van der Waals surface area contributed by atoms with Crippen molar-refractivity contribution in [2.45, 2.75) is 17.7 Å². The number of carbonyl (C=O) groups excluding carboxylic acids is 1. The van der Waals surface area contributed by atoms with E-state index in [2.05, 4.69) is 14.4 Å². The summed E-state index contributed by atoms with van der Waals surface area (Å²) >= 11 is 0. The van der Waals surface area contributed by atoms with Gasteiger partial charge < -0.3 is 24.0 Å². The maximum atomic E-state index is 13.0. The summed E-state index contributed by atoms with van der Waals surface area (Å²) in [5, 5.41) is 0. The molecule has 220 valence electrons. The Labute approximate surface area is 231 Å². The highest BCUT2D eigenvalue weighted by Crippen LogP contribution is 2.32. The Hall–Kier alpha value is -3.07. The molecule has 2 aliphatic rings. The van der Waals surface area contributed by atoms with Crippen LogP contribution in [-0.4, -0.2) is 103 Å². The molecule has 2 aliphatic heterocycles. The number of ether oxygens (including phenoxy) is 3. The molecule has 14 heteroatoms. The highest BCUT2D eigenvalue weighted by molar-refractivity contribution is 7.89. The highest BCUT2D eigenvalue weighted by Gasteiger charge is 2.34. The van der Waals surface area contributed by atoms with Gasteiger partial charge in [0, 0.05) is 45.8 Å². The first-order valence-corrected chi connectivity index (χ1v) is 14.4. The summed E-state index contributed by atoms with van der Waals surface area (Å²) in [7, 11) is -2.29. The molecule has 0 aromatic heterocycles. The second-order valence-corrected chi connectivity index (χ2v) is 11.1. The van der Waals surface area contributed by atoms with Gasteiger partial charge in [0.25, 0.3) is 5.91 Å². The molecule has 0 spiro atoms. The predicted octanol–water partition coefficient (Wildman–Crippen LogP) is 2.56. The normalized spacial score (nSPS) is 17.1. The molecule has 0 radical (unpaired) electrons. The molecule has 0 aliphatic carbocycles. The average molecular weight is 587 g/mol. The van der Waals surface area contributed by atoms with Gasteiger partial charge in [-0.1, -0.05) is 12.1 Å². The van der Waals surface area contributed by atoms with Crippen LogP contribution in [-0.2, 0) is 14.8 Å². The van der Waals surface area contributed by atoms with Crippen molar-refractivity contribution in [2.24, 2.45) is 0 Å². The van der Waals surface area contributed by atoms with E-state index in [1.807, 2.05) is 4.90 Å². The van der Waals surface area contributed by atoms with Gasteiger partial charge in [-0.15, -0.1) is 13.2 Å². The molecule has 2 heterocycles. The Kier molecular flexibility index (Phi) is 9.77. The van der Waals surface area contributed by atoms with Crippen LogP contribution < -0.4 is 19.1 Å². The number of para-hydroxylation sites is 1. The summed E-state index contributed by atoms with van der Waals surface area (Å²) in [6.07, 6.45) is -4.26. The average Bonchev–Trinajstić information content (AvgIpc) is 2.95. The fourth-order valence-electron chi connectivity index (χ4n) is 4.68. The first kappa shape index (κ1) is 29.9. The number of benzene rings is 2. The standard InChI is InChI=1S/C26H33F3N4O6S/c1-37-24-8-7-20(40(35,36)30-9-4-10-31-15-17-38-18-16-31)19-22(24)32-11-13-33(14-12-32)25(34)21-5-2-3-6-23(21)39-26(27,28)29/h2-3,5-8,19,30H,4,9-18H2,1H3.